The zero-order valence-electron chi connectivity index (χ0n) is 11.4. The number of nitriles is 1. The van der Waals surface area contributed by atoms with Crippen LogP contribution in [0.4, 0.5) is 5.69 Å². The molecule has 1 aromatic heterocycles. The number of carbonyl (C=O) groups excluding carboxylic acids is 1. The number of hydrogen-bond acceptors (Lipinski definition) is 4. The molecule has 2 heterocycles. The lowest BCUT2D eigenvalue weighted by Crippen LogP contribution is -2.48. The monoisotopic (exact) mass is 270 g/mol. The minimum atomic E-state index is 0.217. The average molecular weight is 270 g/mol. The van der Waals surface area contributed by atoms with Gasteiger partial charge in [-0.25, -0.2) is 4.98 Å². The number of rotatable bonds is 3. The van der Waals surface area contributed by atoms with Gasteiger partial charge in [0.1, 0.15) is 11.8 Å². The van der Waals surface area contributed by atoms with Crippen LogP contribution in [0.1, 0.15) is 31.4 Å². The number of carbonyl (C=O) groups is 1. The van der Waals surface area contributed by atoms with Gasteiger partial charge in [0.15, 0.2) is 0 Å². The predicted octanol–water partition coefficient (Wildman–Crippen LogP) is 1.45. The van der Waals surface area contributed by atoms with Crippen molar-refractivity contribution in [3.8, 4) is 6.07 Å². The molecule has 5 nitrogen and oxygen atoms in total. The summed E-state index contributed by atoms with van der Waals surface area (Å²) >= 11 is 0. The second-order valence-electron chi connectivity index (χ2n) is 5.58. The summed E-state index contributed by atoms with van der Waals surface area (Å²) in [5.41, 5.74) is 1.46. The normalized spacial score (nSPS) is 22.1. The van der Waals surface area contributed by atoms with Gasteiger partial charge in [0.05, 0.1) is 11.9 Å². The van der Waals surface area contributed by atoms with E-state index in [0.717, 1.165) is 44.5 Å². The van der Waals surface area contributed by atoms with Crippen molar-refractivity contribution >= 4 is 11.6 Å². The SMILES string of the molecule is N#Cc1ccc(N2CCCC(NC(=O)C3CC3)C2)cn1. The van der Waals surface area contributed by atoms with Crippen molar-refractivity contribution in [3.63, 3.8) is 0 Å². The van der Waals surface area contributed by atoms with Crippen molar-refractivity contribution in [2.24, 2.45) is 5.92 Å². The van der Waals surface area contributed by atoms with Crippen LogP contribution in [0.15, 0.2) is 18.3 Å². The molecule has 0 radical (unpaired) electrons. The first-order valence-electron chi connectivity index (χ1n) is 7.18. The van der Waals surface area contributed by atoms with E-state index in [1.807, 2.05) is 12.1 Å². The highest BCUT2D eigenvalue weighted by Crippen LogP contribution is 2.29. The van der Waals surface area contributed by atoms with Crippen LogP contribution in [-0.2, 0) is 4.79 Å². The van der Waals surface area contributed by atoms with Gasteiger partial charge in [-0.2, -0.15) is 5.26 Å². The van der Waals surface area contributed by atoms with Crippen molar-refractivity contribution < 1.29 is 4.79 Å². The molecule has 1 unspecified atom stereocenters. The van der Waals surface area contributed by atoms with Crippen molar-refractivity contribution in [1.29, 1.82) is 5.26 Å². The molecule has 1 aliphatic heterocycles. The summed E-state index contributed by atoms with van der Waals surface area (Å²) in [5, 5.41) is 11.9. The van der Waals surface area contributed by atoms with Gasteiger partial charge in [0.25, 0.3) is 0 Å². The summed E-state index contributed by atoms with van der Waals surface area (Å²) in [6, 6.07) is 5.92. The van der Waals surface area contributed by atoms with Crippen LogP contribution in [0.5, 0.6) is 0 Å². The van der Waals surface area contributed by atoms with Crippen LogP contribution in [-0.4, -0.2) is 30.0 Å². The van der Waals surface area contributed by atoms with E-state index in [-0.39, 0.29) is 17.9 Å². The first kappa shape index (κ1) is 12.9. The molecule has 2 fully saturated rings. The van der Waals surface area contributed by atoms with E-state index in [2.05, 4.69) is 15.2 Å². The molecule has 1 aliphatic carbocycles. The number of aromatic nitrogens is 1. The smallest absolute Gasteiger partial charge is 0.223 e. The highest BCUT2D eigenvalue weighted by atomic mass is 16.2. The minimum absolute atomic E-state index is 0.217. The van der Waals surface area contributed by atoms with Gasteiger partial charge in [-0.3, -0.25) is 4.79 Å². The van der Waals surface area contributed by atoms with Crippen LogP contribution >= 0.6 is 0 Å². The molecular weight excluding hydrogens is 252 g/mol. The molecule has 0 spiro atoms. The second kappa shape index (κ2) is 5.49. The predicted molar refractivity (Wildman–Crippen MR) is 75.1 cm³/mol. The molecule has 0 aromatic carbocycles. The van der Waals surface area contributed by atoms with E-state index < -0.39 is 0 Å². The molecule has 5 heteroatoms. The standard InChI is InChI=1S/C15H18N4O/c16-8-12-5-6-14(9-17-12)19-7-1-2-13(10-19)18-15(20)11-3-4-11/h5-6,9,11,13H,1-4,7,10H2,(H,18,20). The fourth-order valence-corrected chi connectivity index (χ4v) is 2.63. The Hall–Kier alpha value is -2.09. The number of nitrogens with one attached hydrogen (secondary N) is 1. The molecular formula is C15H18N4O. The number of nitrogens with zero attached hydrogens (tertiary/aromatic N) is 3. The molecule has 2 aliphatic rings. The maximum Gasteiger partial charge on any atom is 0.223 e. The van der Waals surface area contributed by atoms with Gasteiger partial charge in [-0.1, -0.05) is 0 Å². The van der Waals surface area contributed by atoms with Crippen LogP contribution in [0.25, 0.3) is 0 Å². The Morgan fingerprint density at radius 3 is 2.90 bits per heavy atom. The number of anilines is 1. The highest BCUT2D eigenvalue weighted by molar-refractivity contribution is 5.81. The summed E-state index contributed by atoms with van der Waals surface area (Å²) in [5.74, 6) is 0.483. The molecule has 1 saturated carbocycles. The number of piperidine rings is 1. The van der Waals surface area contributed by atoms with Crippen LogP contribution < -0.4 is 10.2 Å². The lowest BCUT2D eigenvalue weighted by atomic mass is 10.0. The Morgan fingerprint density at radius 2 is 2.25 bits per heavy atom. The Morgan fingerprint density at radius 1 is 1.40 bits per heavy atom. The quantitative estimate of drug-likeness (QED) is 0.902. The Labute approximate surface area is 118 Å². The highest BCUT2D eigenvalue weighted by Gasteiger charge is 2.32. The third kappa shape index (κ3) is 2.90. The summed E-state index contributed by atoms with van der Waals surface area (Å²) in [6.45, 7) is 1.80. The Bertz CT molecular complexity index is 530. The largest absolute Gasteiger partial charge is 0.368 e. The average Bonchev–Trinajstić information content (AvgIpc) is 3.32. The van der Waals surface area contributed by atoms with Crippen LogP contribution in [0.2, 0.25) is 0 Å². The first-order chi connectivity index (χ1) is 9.76. The van der Waals surface area contributed by atoms with Gasteiger partial charge >= 0.3 is 0 Å². The topological polar surface area (TPSA) is 69.0 Å². The number of hydrogen-bond donors (Lipinski definition) is 1. The summed E-state index contributed by atoms with van der Waals surface area (Å²) in [7, 11) is 0. The first-order valence-corrected chi connectivity index (χ1v) is 7.18. The van der Waals surface area contributed by atoms with Crippen LogP contribution in [0, 0.1) is 17.2 Å². The second-order valence-corrected chi connectivity index (χ2v) is 5.58. The zero-order chi connectivity index (χ0) is 13.9. The minimum Gasteiger partial charge on any atom is -0.368 e. The van der Waals surface area contributed by atoms with Crippen LogP contribution in [0.3, 0.4) is 0 Å². The van der Waals surface area contributed by atoms with E-state index >= 15 is 0 Å². The van der Waals surface area contributed by atoms with Crippen molar-refractivity contribution in [3.05, 3.63) is 24.0 Å². The molecule has 3 rings (SSSR count). The summed E-state index contributed by atoms with van der Waals surface area (Å²) < 4.78 is 0. The molecule has 1 aromatic rings. The van der Waals surface area contributed by atoms with Crippen molar-refractivity contribution in [1.82, 2.24) is 10.3 Å². The molecule has 0 bridgehead atoms. The van der Waals surface area contributed by atoms with Crippen molar-refractivity contribution in [2.75, 3.05) is 18.0 Å². The van der Waals surface area contributed by atoms with Gasteiger partial charge < -0.3 is 10.2 Å². The van der Waals surface area contributed by atoms with E-state index in [4.69, 9.17) is 5.26 Å². The van der Waals surface area contributed by atoms with Gasteiger partial charge in [-0.05, 0) is 37.8 Å². The molecule has 1 saturated heterocycles. The lowest BCUT2D eigenvalue weighted by molar-refractivity contribution is -0.123. The molecule has 104 valence electrons. The van der Waals surface area contributed by atoms with Gasteiger partial charge in [-0.15, -0.1) is 0 Å². The number of pyridine rings is 1. The van der Waals surface area contributed by atoms with Gasteiger partial charge in [0, 0.05) is 25.0 Å². The number of amides is 1. The molecule has 20 heavy (non-hydrogen) atoms. The lowest BCUT2D eigenvalue weighted by Gasteiger charge is -2.34. The fourth-order valence-electron chi connectivity index (χ4n) is 2.63. The molecule has 1 N–H and O–H groups in total. The van der Waals surface area contributed by atoms with E-state index in [9.17, 15) is 4.79 Å². The fraction of sp³-hybridized carbons (Fsp3) is 0.533. The van der Waals surface area contributed by atoms with E-state index in [0.29, 0.717) is 5.69 Å². The molecule has 1 amide bonds. The summed E-state index contributed by atoms with van der Waals surface area (Å²) in [6.07, 6.45) is 5.93. The molecule has 1 atom stereocenters. The van der Waals surface area contributed by atoms with Gasteiger partial charge in [0.2, 0.25) is 5.91 Å². The maximum absolute atomic E-state index is 11.8. The Balaban J connectivity index is 1.61. The summed E-state index contributed by atoms with van der Waals surface area (Å²) in [4.78, 5) is 18.2. The third-order valence-corrected chi connectivity index (χ3v) is 3.94. The Kier molecular flexibility index (Phi) is 3.55. The van der Waals surface area contributed by atoms with E-state index in [1.54, 1.807) is 12.3 Å². The zero-order valence-corrected chi connectivity index (χ0v) is 11.4. The van der Waals surface area contributed by atoms with Crippen molar-refractivity contribution in [2.45, 2.75) is 31.7 Å². The third-order valence-electron chi connectivity index (χ3n) is 3.94. The van der Waals surface area contributed by atoms with E-state index in [1.165, 1.54) is 0 Å². The maximum atomic E-state index is 11.8.